The zero-order chi connectivity index (χ0) is 15.9. The van der Waals surface area contributed by atoms with E-state index in [-0.39, 0.29) is 5.91 Å². The van der Waals surface area contributed by atoms with Crippen LogP contribution in [0.3, 0.4) is 0 Å². The van der Waals surface area contributed by atoms with Crippen LogP contribution in [0, 0.1) is 5.92 Å². The number of rotatable bonds is 6. The number of carbonyl (C=O) groups is 1. The summed E-state index contributed by atoms with van der Waals surface area (Å²) < 4.78 is 0. The minimum Gasteiger partial charge on any atom is -0.343 e. The van der Waals surface area contributed by atoms with E-state index in [2.05, 4.69) is 5.32 Å². The molecule has 1 aromatic carbocycles. The van der Waals surface area contributed by atoms with Crippen LogP contribution in [-0.2, 0) is 11.2 Å². The maximum absolute atomic E-state index is 12.3. The molecule has 122 valence electrons. The number of benzene rings is 1. The third kappa shape index (κ3) is 5.15. The fraction of sp³-hybridized carbons (Fsp3) is 0.588. The molecule has 0 radical (unpaired) electrons. The average molecular weight is 343 g/mol. The zero-order valence-corrected chi connectivity index (χ0v) is 14.6. The third-order valence-electron chi connectivity index (χ3n) is 4.39. The number of aryl methyl sites for hydroxylation is 1. The van der Waals surface area contributed by atoms with E-state index >= 15 is 0 Å². The molecule has 2 rings (SSSR count). The molecule has 1 N–H and O–H groups in total. The van der Waals surface area contributed by atoms with E-state index in [1.807, 2.05) is 24.1 Å². The molecule has 0 unspecified atom stereocenters. The Balaban J connectivity index is 1.76. The Kier molecular flexibility index (Phi) is 7.00. The molecule has 22 heavy (non-hydrogen) atoms. The fourth-order valence-electron chi connectivity index (χ4n) is 2.94. The highest BCUT2D eigenvalue weighted by Crippen LogP contribution is 2.24. The standard InChI is InChI=1S/C17H24Cl2N2O/c1-20-9-6-13-7-10-21(11-8-13)17(22)5-3-14-2-4-15(18)12-16(14)19/h2,4,12-13,20H,3,5-11H2,1H3. The summed E-state index contributed by atoms with van der Waals surface area (Å²) in [7, 11) is 1.99. The molecule has 1 amide bonds. The Hall–Kier alpha value is -0.770. The van der Waals surface area contributed by atoms with Gasteiger partial charge in [-0.1, -0.05) is 29.3 Å². The minimum atomic E-state index is 0.234. The van der Waals surface area contributed by atoms with Crippen LogP contribution < -0.4 is 5.32 Å². The van der Waals surface area contributed by atoms with Gasteiger partial charge in [0, 0.05) is 29.6 Å². The van der Waals surface area contributed by atoms with Crippen molar-refractivity contribution in [2.45, 2.75) is 32.1 Å². The lowest BCUT2D eigenvalue weighted by molar-refractivity contribution is -0.132. The van der Waals surface area contributed by atoms with Crippen molar-refractivity contribution in [2.75, 3.05) is 26.7 Å². The number of hydrogen-bond acceptors (Lipinski definition) is 2. The first-order chi connectivity index (χ1) is 10.6. The van der Waals surface area contributed by atoms with Crippen LogP contribution in [-0.4, -0.2) is 37.5 Å². The van der Waals surface area contributed by atoms with E-state index in [1.165, 1.54) is 6.42 Å². The van der Waals surface area contributed by atoms with Gasteiger partial charge in [0.05, 0.1) is 0 Å². The number of likely N-dealkylation sites (tertiary alicyclic amines) is 1. The molecule has 1 aliphatic rings. The van der Waals surface area contributed by atoms with Gasteiger partial charge in [-0.05, 0) is 62.9 Å². The van der Waals surface area contributed by atoms with E-state index in [0.29, 0.717) is 22.9 Å². The van der Waals surface area contributed by atoms with E-state index in [0.717, 1.165) is 44.0 Å². The quantitative estimate of drug-likeness (QED) is 0.853. The van der Waals surface area contributed by atoms with Gasteiger partial charge in [-0.2, -0.15) is 0 Å². The molecule has 5 heteroatoms. The van der Waals surface area contributed by atoms with Gasteiger partial charge in [-0.3, -0.25) is 4.79 Å². The third-order valence-corrected chi connectivity index (χ3v) is 4.98. The van der Waals surface area contributed by atoms with Gasteiger partial charge < -0.3 is 10.2 Å². The molecular formula is C17H24Cl2N2O. The van der Waals surface area contributed by atoms with Gasteiger partial charge in [0.1, 0.15) is 0 Å². The average Bonchev–Trinajstić information content (AvgIpc) is 2.52. The van der Waals surface area contributed by atoms with Gasteiger partial charge in [0.15, 0.2) is 0 Å². The Morgan fingerprint density at radius 1 is 1.32 bits per heavy atom. The summed E-state index contributed by atoms with van der Waals surface area (Å²) in [5.74, 6) is 0.986. The molecule has 1 aromatic rings. The Morgan fingerprint density at radius 2 is 2.05 bits per heavy atom. The van der Waals surface area contributed by atoms with Crippen LogP contribution in [0.5, 0.6) is 0 Å². The number of hydrogen-bond donors (Lipinski definition) is 1. The first kappa shape index (κ1) is 17.6. The number of piperidine rings is 1. The molecule has 0 saturated carbocycles. The SMILES string of the molecule is CNCCC1CCN(C(=O)CCc2ccc(Cl)cc2Cl)CC1. The highest BCUT2D eigenvalue weighted by molar-refractivity contribution is 6.35. The van der Waals surface area contributed by atoms with Gasteiger partial charge >= 0.3 is 0 Å². The second-order valence-electron chi connectivity index (χ2n) is 5.95. The van der Waals surface area contributed by atoms with Crippen molar-refractivity contribution in [3.05, 3.63) is 33.8 Å². The lowest BCUT2D eigenvalue weighted by Gasteiger charge is -2.32. The van der Waals surface area contributed by atoms with Crippen LogP contribution in [0.4, 0.5) is 0 Å². The van der Waals surface area contributed by atoms with Gasteiger partial charge in [0.2, 0.25) is 5.91 Å². The van der Waals surface area contributed by atoms with Crippen molar-refractivity contribution in [1.82, 2.24) is 10.2 Å². The zero-order valence-electron chi connectivity index (χ0n) is 13.1. The van der Waals surface area contributed by atoms with Crippen molar-refractivity contribution in [3.63, 3.8) is 0 Å². The minimum absolute atomic E-state index is 0.234. The highest BCUT2D eigenvalue weighted by Gasteiger charge is 2.22. The predicted molar refractivity (Wildman–Crippen MR) is 92.6 cm³/mol. The topological polar surface area (TPSA) is 32.3 Å². The summed E-state index contributed by atoms with van der Waals surface area (Å²) in [4.78, 5) is 14.3. The molecule has 1 saturated heterocycles. The summed E-state index contributed by atoms with van der Waals surface area (Å²) in [6.07, 6.45) is 4.64. The van der Waals surface area contributed by atoms with Crippen LogP contribution >= 0.6 is 23.2 Å². The van der Waals surface area contributed by atoms with Crippen molar-refractivity contribution in [3.8, 4) is 0 Å². The molecule has 0 aliphatic carbocycles. The summed E-state index contributed by atoms with van der Waals surface area (Å²) in [5, 5.41) is 4.47. The lowest BCUT2D eigenvalue weighted by Crippen LogP contribution is -2.39. The molecule has 0 bridgehead atoms. The summed E-state index contributed by atoms with van der Waals surface area (Å²) >= 11 is 12.0. The van der Waals surface area contributed by atoms with E-state index in [1.54, 1.807) is 6.07 Å². The molecule has 3 nitrogen and oxygen atoms in total. The number of halogens is 2. The van der Waals surface area contributed by atoms with Crippen LogP contribution in [0.1, 0.15) is 31.2 Å². The normalized spacial score (nSPS) is 16.0. The molecular weight excluding hydrogens is 319 g/mol. The van der Waals surface area contributed by atoms with Gasteiger partial charge in [-0.15, -0.1) is 0 Å². The number of nitrogens with one attached hydrogen (secondary N) is 1. The maximum atomic E-state index is 12.3. The predicted octanol–water partition coefficient (Wildman–Crippen LogP) is 3.77. The van der Waals surface area contributed by atoms with E-state index < -0.39 is 0 Å². The first-order valence-electron chi connectivity index (χ1n) is 7.96. The Bertz CT molecular complexity index is 499. The Labute approximate surface area is 143 Å². The summed E-state index contributed by atoms with van der Waals surface area (Å²) in [5.41, 5.74) is 0.989. The smallest absolute Gasteiger partial charge is 0.222 e. The summed E-state index contributed by atoms with van der Waals surface area (Å²) in [6, 6.07) is 5.46. The van der Waals surface area contributed by atoms with Gasteiger partial charge in [-0.25, -0.2) is 0 Å². The van der Waals surface area contributed by atoms with Gasteiger partial charge in [0.25, 0.3) is 0 Å². The van der Waals surface area contributed by atoms with Crippen molar-refractivity contribution in [1.29, 1.82) is 0 Å². The largest absolute Gasteiger partial charge is 0.343 e. The lowest BCUT2D eigenvalue weighted by atomic mass is 9.93. The van der Waals surface area contributed by atoms with Crippen molar-refractivity contribution >= 4 is 29.1 Å². The maximum Gasteiger partial charge on any atom is 0.222 e. The van der Waals surface area contributed by atoms with Crippen molar-refractivity contribution < 1.29 is 4.79 Å². The van der Waals surface area contributed by atoms with Crippen LogP contribution in [0.25, 0.3) is 0 Å². The Morgan fingerprint density at radius 3 is 2.68 bits per heavy atom. The monoisotopic (exact) mass is 342 g/mol. The first-order valence-corrected chi connectivity index (χ1v) is 8.72. The van der Waals surface area contributed by atoms with Crippen LogP contribution in [0.15, 0.2) is 18.2 Å². The number of carbonyl (C=O) groups excluding carboxylic acids is 1. The van der Waals surface area contributed by atoms with E-state index in [9.17, 15) is 4.79 Å². The molecule has 0 spiro atoms. The molecule has 0 atom stereocenters. The van der Waals surface area contributed by atoms with Crippen LogP contribution in [0.2, 0.25) is 10.0 Å². The molecule has 0 aromatic heterocycles. The molecule has 1 aliphatic heterocycles. The van der Waals surface area contributed by atoms with Crippen molar-refractivity contribution in [2.24, 2.45) is 5.92 Å². The molecule has 1 heterocycles. The van der Waals surface area contributed by atoms with E-state index in [4.69, 9.17) is 23.2 Å². The summed E-state index contributed by atoms with van der Waals surface area (Å²) in [6.45, 7) is 2.84. The number of nitrogens with zero attached hydrogens (tertiary/aromatic N) is 1. The highest BCUT2D eigenvalue weighted by atomic mass is 35.5. The fourth-order valence-corrected chi connectivity index (χ4v) is 3.45. The molecule has 1 fully saturated rings. The second-order valence-corrected chi connectivity index (χ2v) is 6.80. The second kappa shape index (κ2) is 8.76. The number of amides is 1.